The highest BCUT2D eigenvalue weighted by atomic mass is 127. The van der Waals surface area contributed by atoms with Crippen molar-refractivity contribution in [2.75, 3.05) is 13.8 Å². The molecule has 3 rings (SSSR count). The van der Waals surface area contributed by atoms with Gasteiger partial charge in [-0.05, 0) is 17.7 Å². The van der Waals surface area contributed by atoms with E-state index in [0.29, 0.717) is 19.0 Å². The Labute approximate surface area is 151 Å². The number of aromatic nitrogens is 3. The maximum atomic E-state index is 5.37. The van der Waals surface area contributed by atoms with Gasteiger partial charge in [-0.25, -0.2) is 4.98 Å². The first kappa shape index (κ1) is 17.3. The third-order valence-electron chi connectivity index (χ3n) is 3.34. The van der Waals surface area contributed by atoms with Crippen molar-refractivity contribution in [2.24, 2.45) is 12.0 Å². The van der Waals surface area contributed by atoms with Gasteiger partial charge in [0.2, 0.25) is 6.79 Å². The quantitative estimate of drug-likeness (QED) is 0.428. The molecule has 1 aromatic heterocycles. The molecule has 23 heavy (non-hydrogen) atoms. The second-order valence-corrected chi connectivity index (χ2v) is 4.77. The number of nitrogens with one attached hydrogen (secondary N) is 2. The predicted octanol–water partition coefficient (Wildman–Crippen LogP) is 1.03. The minimum atomic E-state index is 0. The molecule has 0 saturated heterocycles. The van der Waals surface area contributed by atoms with Crippen molar-refractivity contribution in [3.8, 4) is 11.5 Å². The van der Waals surface area contributed by atoms with Crippen LogP contribution >= 0.6 is 24.0 Å². The summed E-state index contributed by atoms with van der Waals surface area (Å²) in [6.45, 7) is 1.47. The molecule has 0 amide bonds. The van der Waals surface area contributed by atoms with Gasteiger partial charge in [0.05, 0.1) is 6.54 Å². The monoisotopic (exact) mass is 430 g/mol. The van der Waals surface area contributed by atoms with Gasteiger partial charge in [-0.15, -0.1) is 24.0 Å². The Kier molecular flexibility index (Phi) is 6.02. The Hall–Kier alpha value is -2.04. The largest absolute Gasteiger partial charge is 0.454 e. The molecule has 0 bridgehead atoms. The van der Waals surface area contributed by atoms with Gasteiger partial charge in [0.15, 0.2) is 17.5 Å². The first-order chi connectivity index (χ1) is 10.8. The number of ether oxygens (including phenoxy) is 2. The number of halogens is 1. The number of fused-ring (bicyclic) bond motifs is 1. The smallest absolute Gasteiger partial charge is 0.231 e. The van der Waals surface area contributed by atoms with Gasteiger partial charge in [-0.3, -0.25) is 9.67 Å². The van der Waals surface area contributed by atoms with E-state index in [1.165, 1.54) is 6.33 Å². The molecule has 2 N–H and O–H groups in total. The first-order valence-electron chi connectivity index (χ1n) is 6.92. The van der Waals surface area contributed by atoms with E-state index >= 15 is 0 Å². The molecule has 0 spiro atoms. The number of nitrogens with zero attached hydrogens (tertiary/aromatic N) is 4. The lowest BCUT2D eigenvalue weighted by molar-refractivity contribution is 0.174. The Balaban J connectivity index is 0.00000192. The van der Waals surface area contributed by atoms with E-state index in [9.17, 15) is 0 Å². The average molecular weight is 430 g/mol. The number of guanidine groups is 1. The van der Waals surface area contributed by atoms with E-state index < -0.39 is 0 Å². The Morgan fingerprint density at radius 3 is 2.78 bits per heavy atom. The third kappa shape index (κ3) is 4.24. The topological polar surface area (TPSA) is 85.6 Å². The predicted molar refractivity (Wildman–Crippen MR) is 96.0 cm³/mol. The maximum Gasteiger partial charge on any atom is 0.231 e. The zero-order chi connectivity index (χ0) is 15.4. The normalized spacial score (nSPS) is 12.7. The number of hydrogen-bond donors (Lipinski definition) is 2. The van der Waals surface area contributed by atoms with Crippen LogP contribution in [0.1, 0.15) is 11.4 Å². The van der Waals surface area contributed by atoms with E-state index in [4.69, 9.17) is 9.47 Å². The highest BCUT2D eigenvalue weighted by Crippen LogP contribution is 2.32. The molecular weight excluding hydrogens is 411 g/mol. The van der Waals surface area contributed by atoms with Crippen molar-refractivity contribution < 1.29 is 9.47 Å². The zero-order valence-corrected chi connectivity index (χ0v) is 15.3. The summed E-state index contributed by atoms with van der Waals surface area (Å²) in [5.41, 5.74) is 1.09. The summed E-state index contributed by atoms with van der Waals surface area (Å²) < 4.78 is 12.4. The van der Waals surface area contributed by atoms with E-state index in [1.807, 2.05) is 25.2 Å². The number of rotatable bonds is 4. The Morgan fingerprint density at radius 2 is 2.04 bits per heavy atom. The van der Waals surface area contributed by atoms with E-state index in [2.05, 4.69) is 25.7 Å². The van der Waals surface area contributed by atoms with Crippen LogP contribution in [0, 0.1) is 0 Å². The summed E-state index contributed by atoms with van der Waals surface area (Å²) in [6.07, 6.45) is 1.53. The van der Waals surface area contributed by atoms with Crippen molar-refractivity contribution in [2.45, 2.75) is 13.1 Å². The number of benzene rings is 1. The lowest BCUT2D eigenvalue weighted by Gasteiger charge is -2.11. The summed E-state index contributed by atoms with van der Waals surface area (Å²) in [5, 5.41) is 10.5. The Morgan fingerprint density at radius 1 is 1.26 bits per heavy atom. The van der Waals surface area contributed by atoms with Crippen molar-refractivity contribution in [3.05, 3.63) is 35.9 Å². The summed E-state index contributed by atoms with van der Waals surface area (Å²) in [6, 6.07) is 5.87. The van der Waals surface area contributed by atoms with Crippen molar-refractivity contribution >= 4 is 29.9 Å². The van der Waals surface area contributed by atoms with Crippen molar-refractivity contribution in [1.29, 1.82) is 0 Å². The van der Waals surface area contributed by atoms with Gasteiger partial charge in [-0.1, -0.05) is 6.07 Å². The standard InChI is InChI=1S/C14H18N6O2.HI/c1-15-14(17-7-13-18-8-19-20(13)2)16-6-10-3-4-11-12(5-10)22-9-21-11;/h3-5,8H,6-7,9H2,1-2H3,(H2,15,16,17);1H. The molecule has 0 unspecified atom stereocenters. The molecule has 1 aromatic carbocycles. The van der Waals surface area contributed by atoms with Gasteiger partial charge in [0.1, 0.15) is 12.2 Å². The van der Waals surface area contributed by atoms with Crippen molar-refractivity contribution in [3.63, 3.8) is 0 Å². The van der Waals surface area contributed by atoms with Crippen LogP contribution in [0.3, 0.4) is 0 Å². The molecule has 0 saturated carbocycles. The minimum Gasteiger partial charge on any atom is -0.454 e. The fraction of sp³-hybridized carbons (Fsp3) is 0.357. The zero-order valence-electron chi connectivity index (χ0n) is 12.9. The number of aryl methyl sites for hydroxylation is 1. The molecule has 0 atom stereocenters. The van der Waals surface area contributed by atoms with Crippen LogP contribution in [-0.2, 0) is 20.1 Å². The highest BCUT2D eigenvalue weighted by molar-refractivity contribution is 14.0. The first-order valence-corrected chi connectivity index (χ1v) is 6.92. The molecule has 8 nitrogen and oxygen atoms in total. The summed E-state index contributed by atoms with van der Waals surface area (Å²) >= 11 is 0. The fourth-order valence-corrected chi connectivity index (χ4v) is 2.10. The second kappa shape index (κ2) is 7.99. The van der Waals surface area contributed by atoms with Gasteiger partial charge < -0.3 is 20.1 Å². The molecule has 0 radical (unpaired) electrons. The summed E-state index contributed by atoms with van der Waals surface area (Å²) in [7, 11) is 3.58. The van der Waals surface area contributed by atoms with Gasteiger partial charge in [-0.2, -0.15) is 5.10 Å². The highest BCUT2D eigenvalue weighted by Gasteiger charge is 2.13. The van der Waals surface area contributed by atoms with Crippen LogP contribution in [0.25, 0.3) is 0 Å². The van der Waals surface area contributed by atoms with Crippen LogP contribution in [0.15, 0.2) is 29.5 Å². The van der Waals surface area contributed by atoms with E-state index in [0.717, 1.165) is 22.9 Å². The van der Waals surface area contributed by atoms with E-state index in [-0.39, 0.29) is 30.8 Å². The molecule has 0 fully saturated rings. The SMILES string of the molecule is CN=C(NCc1ccc2c(c1)OCO2)NCc1ncnn1C.I. The molecule has 9 heteroatoms. The van der Waals surface area contributed by atoms with Crippen LogP contribution in [0.2, 0.25) is 0 Å². The van der Waals surface area contributed by atoms with E-state index in [1.54, 1.807) is 11.7 Å². The van der Waals surface area contributed by atoms with Crippen LogP contribution in [0.4, 0.5) is 0 Å². The van der Waals surface area contributed by atoms with Gasteiger partial charge >= 0.3 is 0 Å². The number of hydrogen-bond acceptors (Lipinski definition) is 5. The maximum absolute atomic E-state index is 5.37. The lowest BCUT2D eigenvalue weighted by Crippen LogP contribution is -2.36. The molecule has 0 aliphatic carbocycles. The molecule has 1 aliphatic rings. The second-order valence-electron chi connectivity index (χ2n) is 4.77. The Bertz CT molecular complexity index is 688. The summed E-state index contributed by atoms with van der Waals surface area (Å²) in [4.78, 5) is 8.34. The van der Waals surface area contributed by atoms with Crippen molar-refractivity contribution in [1.82, 2.24) is 25.4 Å². The number of aliphatic imine (C=N–C) groups is 1. The third-order valence-corrected chi connectivity index (χ3v) is 3.34. The van der Waals surface area contributed by atoms with Crippen LogP contribution in [-0.4, -0.2) is 34.6 Å². The van der Waals surface area contributed by atoms with Gasteiger partial charge in [0, 0.05) is 20.6 Å². The van der Waals surface area contributed by atoms with Gasteiger partial charge in [0.25, 0.3) is 0 Å². The molecule has 1 aliphatic heterocycles. The minimum absolute atomic E-state index is 0. The molecule has 2 aromatic rings. The summed E-state index contributed by atoms with van der Waals surface area (Å²) in [5.74, 6) is 3.10. The molecular formula is C14H19IN6O2. The van der Waals surface area contributed by atoms with Crippen LogP contribution in [0.5, 0.6) is 11.5 Å². The van der Waals surface area contributed by atoms with Crippen LogP contribution < -0.4 is 20.1 Å². The lowest BCUT2D eigenvalue weighted by atomic mass is 10.2. The average Bonchev–Trinajstić information content (AvgIpc) is 3.15. The molecule has 2 heterocycles. The fourth-order valence-electron chi connectivity index (χ4n) is 2.10. The molecule has 124 valence electrons.